The van der Waals surface area contributed by atoms with Gasteiger partial charge in [0.25, 0.3) is 0 Å². The van der Waals surface area contributed by atoms with Crippen LogP contribution in [-0.2, 0) is 4.79 Å². The third-order valence-corrected chi connectivity index (χ3v) is 3.81. The van der Waals surface area contributed by atoms with Crippen LogP contribution in [0.25, 0.3) is 0 Å². The Labute approximate surface area is 121 Å². The molecule has 122 valence electrons. The van der Waals surface area contributed by atoms with Crippen molar-refractivity contribution in [2.75, 3.05) is 6.54 Å². The topological polar surface area (TPSA) is 69.6 Å². The van der Waals surface area contributed by atoms with Crippen LogP contribution < -0.4 is 5.32 Å². The van der Waals surface area contributed by atoms with E-state index in [0.717, 1.165) is 0 Å². The van der Waals surface area contributed by atoms with Crippen molar-refractivity contribution in [2.45, 2.75) is 57.8 Å². The number of carboxylic acids is 1. The van der Waals surface area contributed by atoms with Crippen molar-refractivity contribution < 1.29 is 27.9 Å². The largest absolute Gasteiger partial charge is 0.481 e. The summed E-state index contributed by atoms with van der Waals surface area (Å²) in [5.74, 6) is -1.54. The molecule has 1 heterocycles. The van der Waals surface area contributed by atoms with Gasteiger partial charge in [-0.25, -0.2) is 4.79 Å². The normalized spacial score (nSPS) is 26.0. The molecule has 21 heavy (non-hydrogen) atoms. The molecule has 0 aromatic rings. The number of alkyl halides is 3. The van der Waals surface area contributed by atoms with E-state index in [2.05, 4.69) is 5.32 Å². The Morgan fingerprint density at radius 3 is 2.48 bits per heavy atom. The Morgan fingerprint density at radius 1 is 1.33 bits per heavy atom. The van der Waals surface area contributed by atoms with E-state index in [9.17, 15) is 22.8 Å². The molecule has 1 aliphatic heterocycles. The van der Waals surface area contributed by atoms with E-state index >= 15 is 0 Å². The molecule has 0 radical (unpaired) electrons. The number of nitrogens with one attached hydrogen (secondary N) is 1. The molecule has 0 aromatic heterocycles. The van der Waals surface area contributed by atoms with Gasteiger partial charge in [0.05, 0.1) is 0 Å². The van der Waals surface area contributed by atoms with Crippen LogP contribution in [0.1, 0.15) is 39.5 Å². The fraction of sp³-hybridized carbons (Fsp3) is 0.846. The maximum absolute atomic E-state index is 12.5. The summed E-state index contributed by atoms with van der Waals surface area (Å²) in [4.78, 5) is 23.8. The van der Waals surface area contributed by atoms with Gasteiger partial charge in [-0.15, -0.1) is 0 Å². The zero-order valence-electron chi connectivity index (χ0n) is 12.1. The summed E-state index contributed by atoms with van der Waals surface area (Å²) in [6.45, 7) is 3.55. The molecule has 5 nitrogen and oxygen atoms in total. The summed E-state index contributed by atoms with van der Waals surface area (Å²) in [5, 5.41) is 11.1. The number of carboxylic acid groups (broad SMARTS) is 1. The van der Waals surface area contributed by atoms with Gasteiger partial charge in [0.1, 0.15) is 0 Å². The fourth-order valence-corrected chi connectivity index (χ4v) is 2.84. The van der Waals surface area contributed by atoms with Crippen molar-refractivity contribution in [3.8, 4) is 0 Å². The quantitative estimate of drug-likeness (QED) is 0.767. The molecule has 3 atom stereocenters. The van der Waals surface area contributed by atoms with Crippen LogP contribution in [0, 0.1) is 5.92 Å². The van der Waals surface area contributed by atoms with Crippen LogP contribution in [-0.4, -0.2) is 46.8 Å². The SMILES string of the molecule is C[C@@H]1C(CC(F)(F)F)C[C@H](C)N1C(=O)NCCCC(=O)O. The van der Waals surface area contributed by atoms with Gasteiger partial charge in [0.2, 0.25) is 0 Å². The summed E-state index contributed by atoms with van der Waals surface area (Å²) < 4.78 is 37.5. The zero-order chi connectivity index (χ0) is 16.2. The first kappa shape index (κ1) is 17.6. The molecule has 0 spiro atoms. The number of likely N-dealkylation sites (tertiary alicyclic amines) is 1. The highest BCUT2D eigenvalue weighted by Gasteiger charge is 2.44. The van der Waals surface area contributed by atoms with E-state index in [1.165, 1.54) is 4.90 Å². The van der Waals surface area contributed by atoms with Crippen LogP contribution in [0.3, 0.4) is 0 Å². The minimum absolute atomic E-state index is 0.0535. The maximum Gasteiger partial charge on any atom is 0.389 e. The Morgan fingerprint density at radius 2 is 1.95 bits per heavy atom. The highest BCUT2D eigenvalue weighted by molar-refractivity contribution is 5.75. The number of carbonyl (C=O) groups excluding carboxylic acids is 1. The number of hydrogen-bond donors (Lipinski definition) is 2. The van der Waals surface area contributed by atoms with Gasteiger partial charge in [-0.3, -0.25) is 4.79 Å². The second-order valence-electron chi connectivity index (χ2n) is 5.54. The highest BCUT2D eigenvalue weighted by Crippen LogP contribution is 2.37. The summed E-state index contributed by atoms with van der Waals surface area (Å²) in [6.07, 6.45) is -4.55. The fourth-order valence-electron chi connectivity index (χ4n) is 2.84. The second kappa shape index (κ2) is 7.00. The third-order valence-electron chi connectivity index (χ3n) is 3.81. The molecule has 1 rings (SSSR count). The Bertz CT molecular complexity index is 387. The molecule has 0 bridgehead atoms. The third kappa shape index (κ3) is 5.43. The summed E-state index contributed by atoms with van der Waals surface area (Å²) >= 11 is 0. The van der Waals surface area contributed by atoms with Crippen molar-refractivity contribution in [3.63, 3.8) is 0 Å². The predicted octanol–water partition coefficient (Wildman–Crippen LogP) is 2.61. The van der Waals surface area contributed by atoms with Gasteiger partial charge >= 0.3 is 18.2 Å². The number of urea groups is 1. The number of amides is 2. The van der Waals surface area contributed by atoms with Crippen molar-refractivity contribution >= 4 is 12.0 Å². The molecule has 0 aliphatic carbocycles. The van der Waals surface area contributed by atoms with E-state index < -0.39 is 36.6 Å². The van der Waals surface area contributed by atoms with Crippen molar-refractivity contribution in [1.82, 2.24) is 10.2 Å². The second-order valence-corrected chi connectivity index (χ2v) is 5.54. The van der Waals surface area contributed by atoms with E-state index in [4.69, 9.17) is 5.11 Å². The smallest absolute Gasteiger partial charge is 0.389 e. The van der Waals surface area contributed by atoms with E-state index in [1.807, 2.05) is 0 Å². The zero-order valence-corrected chi connectivity index (χ0v) is 12.1. The van der Waals surface area contributed by atoms with Crippen LogP contribution in [0.4, 0.5) is 18.0 Å². The van der Waals surface area contributed by atoms with Crippen LogP contribution in [0.15, 0.2) is 0 Å². The van der Waals surface area contributed by atoms with Crippen molar-refractivity contribution in [3.05, 3.63) is 0 Å². The van der Waals surface area contributed by atoms with Gasteiger partial charge in [0.15, 0.2) is 0 Å². The van der Waals surface area contributed by atoms with Crippen LogP contribution in [0.2, 0.25) is 0 Å². The molecular formula is C13H21F3N2O3. The van der Waals surface area contributed by atoms with E-state index in [-0.39, 0.29) is 19.0 Å². The number of aliphatic carboxylic acids is 1. The van der Waals surface area contributed by atoms with Gasteiger partial charge < -0.3 is 15.3 Å². The molecule has 8 heteroatoms. The number of carbonyl (C=O) groups is 2. The molecule has 1 saturated heterocycles. The molecule has 1 unspecified atom stereocenters. The summed E-state index contributed by atoms with van der Waals surface area (Å²) in [6, 6.07) is -1.17. The number of rotatable bonds is 5. The summed E-state index contributed by atoms with van der Waals surface area (Å²) in [5.41, 5.74) is 0. The monoisotopic (exact) mass is 310 g/mol. The number of hydrogen-bond acceptors (Lipinski definition) is 2. The summed E-state index contributed by atoms with van der Waals surface area (Å²) in [7, 11) is 0. The van der Waals surface area contributed by atoms with Crippen molar-refractivity contribution in [2.24, 2.45) is 5.92 Å². The lowest BCUT2D eigenvalue weighted by Gasteiger charge is -2.28. The first-order chi connectivity index (χ1) is 9.61. The molecule has 1 fully saturated rings. The van der Waals surface area contributed by atoms with E-state index in [0.29, 0.717) is 12.8 Å². The first-order valence-electron chi connectivity index (χ1n) is 6.96. The van der Waals surface area contributed by atoms with Gasteiger partial charge in [-0.1, -0.05) is 0 Å². The maximum atomic E-state index is 12.5. The Hall–Kier alpha value is -1.47. The average molecular weight is 310 g/mol. The lowest BCUT2D eigenvalue weighted by molar-refractivity contribution is -0.145. The molecule has 0 aromatic carbocycles. The lowest BCUT2D eigenvalue weighted by atomic mass is 9.96. The molecule has 1 aliphatic rings. The van der Waals surface area contributed by atoms with Gasteiger partial charge in [0, 0.05) is 31.5 Å². The number of nitrogens with zero attached hydrogens (tertiary/aromatic N) is 1. The molecule has 2 amide bonds. The minimum Gasteiger partial charge on any atom is -0.481 e. The van der Waals surface area contributed by atoms with Crippen LogP contribution in [0.5, 0.6) is 0 Å². The van der Waals surface area contributed by atoms with Crippen LogP contribution >= 0.6 is 0 Å². The lowest BCUT2D eigenvalue weighted by Crippen LogP contribution is -2.46. The molecule has 0 saturated carbocycles. The van der Waals surface area contributed by atoms with Gasteiger partial charge in [-0.05, 0) is 32.6 Å². The standard InChI is InChI=1S/C13H21F3N2O3/c1-8-6-10(7-13(14,15)16)9(2)18(8)12(21)17-5-3-4-11(19)20/h8-10H,3-7H2,1-2H3,(H,17,21)(H,19,20)/t8-,9+,10?/m0/s1. The average Bonchev–Trinajstić information content (AvgIpc) is 2.57. The molecule has 2 N–H and O–H groups in total. The minimum atomic E-state index is -4.23. The Balaban J connectivity index is 2.50. The van der Waals surface area contributed by atoms with Crippen molar-refractivity contribution in [1.29, 1.82) is 0 Å². The Kier molecular flexibility index (Phi) is 5.86. The highest BCUT2D eigenvalue weighted by atomic mass is 19.4. The number of halogens is 3. The predicted molar refractivity (Wildman–Crippen MR) is 69.8 cm³/mol. The van der Waals surface area contributed by atoms with E-state index in [1.54, 1.807) is 13.8 Å². The molecular weight excluding hydrogens is 289 g/mol. The first-order valence-corrected chi connectivity index (χ1v) is 6.96. The van der Waals surface area contributed by atoms with Gasteiger partial charge in [-0.2, -0.15) is 13.2 Å².